The summed E-state index contributed by atoms with van der Waals surface area (Å²) in [6, 6.07) is 3.96. The second-order valence-electron chi connectivity index (χ2n) is 4.63. The number of rotatable bonds is 6. The number of amides is 1. The Hall–Kier alpha value is -2.64. The molecule has 0 aliphatic heterocycles. The maximum atomic E-state index is 11.4. The third-order valence-electron chi connectivity index (χ3n) is 3.02. The molecule has 0 radical (unpaired) electrons. The van der Waals surface area contributed by atoms with Gasteiger partial charge in [-0.2, -0.15) is 0 Å². The Labute approximate surface area is 121 Å². The first-order valence-corrected chi connectivity index (χ1v) is 6.15. The second-order valence-corrected chi connectivity index (χ2v) is 4.63. The molecular formula is C13H17N3O5. The van der Waals surface area contributed by atoms with Gasteiger partial charge in [-0.1, -0.05) is 6.92 Å². The molecule has 1 unspecified atom stereocenters. The first-order chi connectivity index (χ1) is 9.77. The maximum absolute atomic E-state index is 11.4. The predicted molar refractivity (Wildman–Crippen MR) is 76.1 cm³/mol. The van der Waals surface area contributed by atoms with E-state index in [1.54, 1.807) is 18.9 Å². The van der Waals surface area contributed by atoms with Gasteiger partial charge >= 0.3 is 5.97 Å². The fraction of sp³-hybridized carbons (Fsp3) is 0.385. The van der Waals surface area contributed by atoms with Crippen molar-refractivity contribution in [3.63, 3.8) is 0 Å². The van der Waals surface area contributed by atoms with E-state index in [-0.39, 0.29) is 17.8 Å². The van der Waals surface area contributed by atoms with Gasteiger partial charge in [0.2, 0.25) is 5.91 Å². The van der Waals surface area contributed by atoms with E-state index in [9.17, 15) is 19.7 Å². The van der Waals surface area contributed by atoms with Crippen LogP contribution >= 0.6 is 0 Å². The molecule has 1 rings (SSSR count). The Balaban J connectivity index is 3.08. The molecule has 8 nitrogen and oxygen atoms in total. The van der Waals surface area contributed by atoms with E-state index in [2.05, 4.69) is 4.74 Å². The number of carbonyl (C=O) groups excluding carboxylic acids is 2. The van der Waals surface area contributed by atoms with Gasteiger partial charge in [0.25, 0.3) is 5.69 Å². The van der Waals surface area contributed by atoms with Gasteiger partial charge in [0.1, 0.15) is 5.69 Å². The molecule has 0 aliphatic rings. The minimum atomic E-state index is -0.741. The van der Waals surface area contributed by atoms with Gasteiger partial charge in [-0.15, -0.1) is 0 Å². The Kier molecular flexibility index (Phi) is 5.23. The lowest BCUT2D eigenvalue weighted by Crippen LogP contribution is -2.29. The number of primary amides is 1. The van der Waals surface area contributed by atoms with Gasteiger partial charge in [-0.05, 0) is 12.1 Å². The predicted octanol–water partition coefficient (Wildman–Crippen LogP) is 0.939. The Morgan fingerprint density at radius 1 is 1.48 bits per heavy atom. The molecule has 1 amide bonds. The molecule has 2 N–H and O–H groups in total. The average molecular weight is 295 g/mol. The molecular weight excluding hydrogens is 278 g/mol. The van der Waals surface area contributed by atoms with Gasteiger partial charge in [-0.25, -0.2) is 0 Å². The standard InChI is InChI=1S/C13H17N3O5/c1-8(13(18)21-3)7-15(2)10-5-4-9(12(14)17)6-11(10)16(19)20/h4-6,8H,7H2,1-3H3,(H2,14,17). The van der Waals surface area contributed by atoms with Crippen LogP contribution in [0.15, 0.2) is 18.2 Å². The molecule has 0 spiro atoms. The highest BCUT2D eigenvalue weighted by Crippen LogP contribution is 2.29. The number of nitro benzene ring substituents is 1. The first kappa shape index (κ1) is 16.4. The van der Waals surface area contributed by atoms with E-state index in [0.29, 0.717) is 5.69 Å². The lowest BCUT2D eigenvalue weighted by Gasteiger charge is -2.22. The van der Waals surface area contributed by atoms with Crippen LogP contribution in [0.2, 0.25) is 0 Å². The highest BCUT2D eigenvalue weighted by atomic mass is 16.6. The van der Waals surface area contributed by atoms with E-state index in [4.69, 9.17) is 5.73 Å². The summed E-state index contributed by atoms with van der Waals surface area (Å²) in [7, 11) is 2.90. The topological polar surface area (TPSA) is 116 Å². The molecule has 1 atom stereocenters. The first-order valence-electron chi connectivity index (χ1n) is 6.15. The summed E-state index contributed by atoms with van der Waals surface area (Å²) in [5.41, 5.74) is 5.21. The van der Waals surface area contributed by atoms with Gasteiger partial charge < -0.3 is 15.4 Å². The summed E-state index contributed by atoms with van der Waals surface area (Å²) < 4.78 is 4.62. The van der Waals surface area contributed by atoms with Crippen LogP contribution in [0, 0.1) is 16.0 Å². The summed E-state index contributed by atoms with van der Waals surface area (Å²) in [4.78, 5) is 34.6. The van der Waals surface area contributed by atoms with Crippen LogP contribution in [0.4, 0.5) is 11.4 Å². The number of nitrogens with two attached hydrogens (primary N) is 1. The molecule has 0 aliphatic carbocycles. The van der Waals surface area contributed by atoms with Crippen LogP contribution < -0.4 is 10.6 Å². The van der Waals surface area contributed by atoms with Crippen molar-refractivity contribution < 1.29 is 19.2 Å². The summed E-state index contributed by atoms with van der Waals surface area (Å²) in [6.07, 6.45) is 0. The van der Waals surface area contributed by atoms with E-state index < -0.39 is 22.7 Å². The monoisotopic (exact) mass is 295 g/mol. The van der Waals surface area contributed by atoms with Gasteiger partial charge in [-0.3, -0.25) is 19.7 Å². The Bertz CT molecular complexity index is 573. The van der Waals surface area contributed by atoms with E-state index in [0.717, 1.165) is 6.07 Å². The van der Waals surface area contributed by atoms with Crippen LogP contribution in [0.5, 0.6) is 0 Å². The van der Waals surface area contributed by atoms with Crippen molar-refractivity contribution in [3.8, 4) is 0 Å². The van der Waals surface area contributed by atoms with E-state index in [1.807, 2.05) is 0 Å². The van der Waals surface area contributed by atoms with Crippen LogP contribution in [0.3, 0.4) is 0 Å². The molecule has 1 aromatic rings. The molecule has 0 saturated heterocycles. The van der Waals surface area contributed by atoms with Crippen molar-refractivity contribution in [1.82, 2.24) is 0 Å². The van der Waals surface area contributed by atoms with Crippen LogP contribution in [0.1, 0.15) is 17.3 Å². The minimum absolute atomic E-state index is 0.0554. The quantitative estimate of drug-likeness (QED) is 0.474. The highest BCUT2D eigenvalue weighted by Gasteiger charge is 2.22. The third-order valence-corrected chi connectivity index (χ3v) is 3.02. The van der Waals surface area contributed by atoms with Crippen molar-refractivity contribution in [2.45, 2.75) is 6.92 Å². The molecule has 8 heteroatoms. The number of methoxy groups -OCH3 is 1. The van der Waals surface area contributed by atoms with Crippen LogP contribution in [-0.4, -0.2) is 37.5 Å². The highest BCUT2D eigenvalue weighted by molar-refractivity contribution is 5.94. The number of hydrogen-bond donors (Lipinski definition) is 1. The lowest BCUT2D eigenvalue weighted by atomic mass is 10.1. The minimum Gasteiger partial charge on any atom is -0.469 e. The maximum Gasteiger partial charge on any atom is 0.310 e. The molecule has 21 heavy (non-hydrogen) atoms. The lowest BCUT2D eigenvalue weighted by molar-refractivity contribution is -0.384. The van der Waals surface area contributed by atoms with Crippen LogP contribution in [-0.2, 0) is 9.53 Å². The summed E-state index contributed by atoms with van der Waals surface area (Å²) >= 11 is 0. The number of anilines is 1. The van der Waals surface area contributed by atoms with Crippen molar-refractivity contribution in [1.29, 1.82) is 0 Å². The summed E-state index contributed by atoms with van der Waals surface area (Å²) in [5.74, 6) is -1.59. The largest absolute Gasteiger partial charge is 0.469 e. The van der Waals surface area contributed by atoms with E-state index >= 15 is 0 Å². The molecule has 1 aromatic carbocycles. The zero-order chi connectivity index (χ0) is 16.2. The normalized spacial score (nSPS) is 11.6. The second kappa shape index (κ2) is 6.69. The number of benzene rings is 1. The number of carbonyl (C=O) groups is 2. The molecule has 0 fully saturated rings. The Morgan fingerprint density at radius 3 is 2.57 bits per heavy atom. The number of nitrogens with zero attached hydrogens (tertiary/aromatic N) is 2. The molecule has 0 bridgehead atoms. The summed E-state index contributed by atoms with van der Waals surface area (Å²) in [5, 5.41) is 11.1. The fourth-order valence-electron chi connectivity index (χ4n) is 1.93. The average Bonchev–Trinajstić information content (AvgIpc) is 2.45. The SMILES string of the molecule is COC(=O)C(C)CN(C)c1ccc(C(N)=O)cc1[N+](=O)[O-]. The van der Waals surface area contributed by atoms with Gasteiger partial charge in [0, 0.05) is 25.2 Å². The summed E-state index contributed by atoms with van der Waals surface area (Å²) in [6.45, 7) is 1.90. The third kappa shape index (κ3) is 3.91. The smallest absolute Gasteiger partial charge is 0.310 e. The molecule has 114 valence electrons. The van der Waals surface area contributed by atoms with Crippen molar-refractivity contribution >= 4 is 23.3 Å². The van der Waals surface area contributed by atoms with Crippen molar-refractivity contribution in [2.75, 3.05) is 25.6 Å². The van der Waals surface area contributed by atoms with Gasteiger partial charge in [0.15, 0.2) is 0 Å². The molecule has 0 saturated carbocycles. The zero-order valence-corrected chi connectivity index (χ0v) is 12.0. The van der Waals surface area contributed by atoms with Crippen molar-refractivity contribution in [2.24, 2.45) is 11.7 Å². The number of ether oxygens (including phenoxy) is 1. The number of hydrogen-bond acceptors (Lipinski definition) is 6. The Morgan fingerprint density at radius 2 is 2.10 bits per heavy atom. The van der Waals surface area contributed by atoms with Crippen LogP contribution in [0.25, 0.3) is 0 Å². The van der Waals surface area contributed by atoms with Gasteiger partial charge in [0.05, 0.1) is 18.0 Å². The molecule has 0 aromatic heterocycles. The molecule has 0 heterocycles. The number of esters is 1. The van der Waals surface area contributed by atoms with Crippen molar-refractivity contribution in [3.05, 3.63) is 33.9 Å². The number of nitro groups is 1. The fourth-order valence-corrected chi connectivity index (χ4v) is 1.93. The zero-order valence-electron chi connectivity index (χ0n) is 12.0. The van der Waals surface area contributed by atoms with E-state index in [1.165, 1.54) is 19.2 Å².